The smallest absolute Gasteiger partial charge is 0.169 e. The van der Waals surface area contributed by atoms with E-state index >= 15 is 0 Å². The fraction of sp³-hybridized carbons (Fsp3) is 0.667. The van der Waals surface area contributed by atoms with Gasteiger partial charge in [-0.3, -0.25) is 0 Å². The average molecular weight is 154 g/mol. The molecule has 1 aliphatic heterocycles. The van der Waals surface area contributed by atoms with Gasteiger partial charge in [0.25, 0.3) is 0 Å². The largest absolute Gasteiger partial charge is 0.347 e. The van der Waals surface area contributed by atoms with Crippen LogP contribution < -0.4 is 0 Å². The zero-order valence-corrected chi connectivity index (χ0v) is 7.14. The molecule has 0 saturated carbocycles. The molecule has 1 heterocycles. The second-order valence-corrected chi connectivity index (χ2v) is 2.96. The van der Waals surface area contributed by atoms with Crippen LogP contribution in [0, 0.1) is 0 Å². The van der Waals surface area contributed by atoms with Gasteiger partial charge in [0.2, 0.25) is 0 Å². The van der Waals surface area contributed by atoms with Gasteiger partial charge in [0.1, 0.15) is 0 Å². The molecule has 0 bridgehead atoms. The molecule has 0 aromatic rings. The Morgan fingerprint density at radius 2 is 2.09 bits per heavy atom. The summed E-state index contributed by atoms with van der Waals surface area (Å²) in [5.41, 5.74) is 3.90. The lowest BCUT2D eigenvalue weighted by molar-refractivity contribution is -0.140. The van der Waals surface area contributed by atoms with Crippen molar-refractivity contribution in [3.63, 3.8) is 0 Å². The normalized spacial score (nSPS) is 21.3. The second kappa shape index (κ2) is 3.22. The third-order valence-electron chi connectivity index (χ3n) is 1.79. The van der Waals surface area contributed by atoms with Crippen LogP contribution in [0.3, 0.4) is 0 Å². The molecule has 0 radical (unpaired) electrons. The molecule has 0 N–H and O–H groups in total. The van der Waals surface area contributed by atoms with Crippen LogP contribution in [0.2, 0.25) is 0 Å². The Labute approximate surface area is 67.5 Å². The van der Waals surface area contributed by atoms with E-state index in [-0.39, 0.29) is 0 Å². The first-order valence-corrected chi connectivity index (χ1v) is 3.80. The van der Waals surface area contributed by atoms with Gasteiger partial charge in [0, 0.05) is 6.42 Å². The van der Waals surface area contributed by atoms with E-state index in [1.54, 1.807) is 0 Å². The fourth-order valence-corrected chi connectivity index (χ4v) is 1.20. The molecule has 0 unspecified atom stereocenters. The lowest BCUT2D eigenvalue weighted by Gasteiger charge is -2.21. The van der Waals surface area contributed by atoms with Crippen molar-refractivity contribution in [3.05, 3.63) is 17.9 Å². The minimum Gasteiger partial charge on any atom is -0.347 e. The van der Waals surface area contributed by atoms with Gasteiger partial charge in [0.05, 0.1) is 13.2 Å². The molecule has 0 amide bonds. The van der Waals surface area contributed by atoms with E-state index in [2.05, 4.69) is 12.3 Å². The summed E-state index contributed by atoms with van der Waals surface area (Å²) in [6.07, 6.45) is 0.760. The van der Waals surface area contributed by atoms with Crippen molar-refractivity contribution in [2.45, 2.75) is 26.1 Å². The summed E-state index contributed by atoms with van der Waals surface area (Å²) in [5, 5.41) is 0. The third kappa shape index (κ3) is 2.19. The molecule has 1 rings (SSSR count). The molecule has 2 heteroatoms. The molecule has 2 nitrogen and oxygen atoms in total. The Balaban J connectivity index is 2.52. The van der Waals surface area contributed by atoms with E-state index in [1.807, 2.05) is 13.8 Å². The monoisotopic (exact) mass is 154 g/mol. The Hall–Kier alpha value is -0.560. The van der Waals surface area contributed by atoms with E-state index in [4.69, 9.17) is 9.47 Å². The molecule has 1 aliphatic rings. The highest BCUT2D eigenvalue weighted by Gasteiger charge is 2.30. The fourth-order valence-electron chi connectivity index (χ4n) is 1.20. The van der Waals surface area contributed by atoms with Gasteiger partial charge < -0.3 is 9.47 Å². The summed E-state index contributed by atoms with van der Waals surface area (Å²) in [4.78, 5) is 0. The van der Waals surface area contributed by atoms with Crippen LogP contribution in [0.1, 0.15) is 20.3 Å². The summed E-state index contributed by atoms with van der Waals surface area (Å²) in [6, 6.07) is 0. The first-order valence-electron chi connectivity index (χ1n) is 3.80. The van der Waals surface area contributed by atoms with Gasteiger partial charge in [-0.1, -0.05) is 6.58 Å². The number of ether oxygens (including phenoxy) is 2. The van der Waals surface area contributed by atoms with Gasteiger partial charge >= 0.3 is 0 Å². The first-order chi connectivity index (χ1) is 5.16. The summed E-state index contributed by atoms with van der Waals surface area (Å²) >= 11 is 0. The van der Waals surface area contributed by atoms with Crippen molar-refractivity contribution in [3.8, 4) is 0 Å². The number of rotatable bonds is 2. The molecule has 0 aromatic heterocycles. The molecule has 1 saturated heterocycles. The highest BCUT2D eigenvalue weighted by Crippen LogP contribution is 2.25. The quantitative estimate of drug-likeness (QED) is 0.565. The van der Waals surface area contributed by atoms with Gasteiger partial charge in [-0.05, 0) is 19.4 Å². The zero-order chi connectivity index (χ0) is 8.32. The highest BCUT2D eigenvalue weighted by molar-refractivity contribution is 4.98. The molecule has 0 aliphatic carbocycles. The Bertz CT molecular complexity index is 184. The number of hydrogen-bond acceptors (Lipinski definition) is 2. The Morgan fingerprint density at radius 1 is 1.55 bits per heavy atom. The predicted molar refractivity (Wildman–Crippen MR) is 43.3 cm³/mol. The standard InChI is InChI=1S/C9H14O2/c1-4-8(2)7-9(3)10-5-6-11-9/h1,5-7H2,2-3H3. The third-order valence-corrected chi connectivity index (χ3v) is 1.79. The topological polar surface area (TPSA) is 18.5 Å². The van der Waals surface area contributed by atoms with E-state index in [9.17, 15) is 0 Å². The molecular formula is C9H14O2. The maximum Gasteiger partial charge on any atom is 0.169 e. The molecular weight excluding hydrogens is 140 g/mol. The maximum absolute atomic E-state index is 5.40. The molecule has 11 heavy (non-hydrogen) atoms. The Morgan fingerprint density at radius 3 is 2.55 bits per heavy atom. The van der Waals surface area contributed by atoms with Crippen LogP contribution in [0.25, 0.3) is 0 Å². The zero-order valence-electron chi connectivity index (χ0n) is 7.14. The lowest BCUT2D eigenvalue weighted by atomic mass is 10.1. The van der Waals surface area contributed by atoms with Crippen LogP contribution in [-0.2, 0) is 9.47 Å². The molecule has 0 aromatic carbocycles. The van der Waals surface area contributed by atoms with Crippen LogP contribution >= 0.6 is 0 Å². The van der Waals surface area contributed by atoms with Crippen LogP contribution in [0.5, 0.6) is 0 Å². The summed E-state index contributed by atoms with van der Waals surface area (Å²) < 4.78 is 10.8. The first kappa shape index (κ1) is 8.54. The minimum atomic E-state index is -0.422. The minimum absolute atomic E-state index is 0.422. The van der Waals surface area contributed by atoms with Crippen molar-refractivity contribution in [1.29, 1.82) is 0 Å². The van der Waals surface area contributed by atoms with Crippen molar-refractivity contribution in [1.82, 2.24) is 0 Å². The van der Waals surface area contributed by atoms with Crippen LogP contribution in [0.15, 0.2) is 17.9 Å². The van der Waals surface area contributed by atoms with Crippen LogP contribution in [-0.4, -0.2) is 19.0 Å². The average Bonchev–Trinajstić information content (AvgIpc) is 2.36. The molecule has 0 atom stereocenters. The van der Waals surface area contributed by atoms with Gasteiger partial charge in [-0.2, -0.15) is 0 Å². The summed E-state index contributed by atoms with van der Waals surface area (Å²) in [7, 11) is 0. The predicted octanol–water partition coefficient (Wildman–Crippen LogP) is 1.87. The van der Waals surface area contributed by atoms with Crippen molar-refractivity contribution < 1.29 is 9.47 Å². The van der Waals surface area contributed by atoms with Gasteiger partial charge in [0.15, 0.2) is 5.79 Å². The van der Waals surface area contributed by atoms with Crippen molar-refractivity contribution in [2.24, 2.45) is 0 Å². The van der Waals surface area contributed by atoms with E-state index in [0.29, 0.717) is 13.2 Å². The Kier molecular flexibility index (Phi) is 2.50. The van der Waals surface area contributed by atoms with Crippen LogP contribution in [0.4, 0.5) is 0 Å². The molecule has 62 valence electrons. The second-order valence-electron chi connectivity index (χ2n) is 2.96. The van der Waals surface area contributed by atoms with E-state index in [1.165, 1.54) is 0 Å². The van der Waals surface area contributed by atoms with Crippen molar-refractivity contribution >= 4 is 0 Å². The summed E-state index contributed by atoms with van der Waals surface area (Å²) in [6.45, 7) is 8.87. The maximum atomic E-state index is 5.40. The van der Waals surface area contributed by atoms with Gasteiger partial charge in [-0.25, -0.2) is 0 Å². The molecule has 0 spiro atoms. The summed E-state index contributed by atoms with van der Waals surface area (Å²) in [5.74, 6) is -0.422. The lowest BCUT2D eigenvalue weighted by Crippen LogP contribution is -2.25. The van der Waals surface area contributed by atoms with Gasteiger partial charge in [-0.15, -0.1) is 5.73 Å². The van der Waals surface area contributed by atoms with Crippen molar-refractivity contribution in [2.75, 3.05) is 13.2 Å². The SMILES string of the molecule is C=C=C(C)CC1(C)OCCO1. The highest BCUT2D eigenvalue weighted by atomic mass is 16.7. The number of hydrogen-bond donors (Lipinski definition) is 0. The molecule has 1 fully saturated rings. The van der Waals surface area contributed by atoms with E-state index in [0.717, 1.165) is 12.0 Å². The van der Waals surface area contributed by atoms with E-state index < -0.39 is 5.79 Å².